The first kappa shape index (κ1) is 18.9. The average molecular weight is 410 g/mol. The lowest BCUT2D eigenvalue weighted by atomic mass is 10.1. The predicted molar refractivity (Wildman–Crippen MR) is 78.3 cm³/mol. The molecule has 132 valence electrons. The third-order valence-electron chi connectivity index (χ3n) is 2.79. The van der Waals surface area contributed by atoms with Crippen molar-refractivity contribution >= 4 is 40.3 Å². The molecule has 1 aromatic heterocycles. The fourth-order valence-electron chi connectivity index (χ4n) is 1.81. The highest BCUT2D eigenvalue weighted by molar-refractivity contribution is 7.80. The molecule has 2 atom stereocenters. The van der Waals surface area contributed by atoms with Crippen LogP contribution in [0.15, 0.2) is 28.8 Å². The Morgan fingerprint density at radius 3 is 2.50 bits per heavy atom. The molecule has 2 rings (SSSR count). The second kappa shape index (κ2) is 6.81. The molecular formula is C11H6Cl2F5N3O2S. The van der Waals surface area contributed by atoms with Gasteiger partial charge in [-0.15, -0.1) is 5.10 Å². The molecular weight excluding hydrogens is 404 g/mol. The van der Waals surface area contributed by atoms with Gasteiger partial charge in [-0.1, -0.05) is 46.0 Å². The summed E-state index contributed by atoms with van der Waals surface area (Å²) in [5, 5.41) is 3.20. The third-order valence-corrected chi connectivity index (χ3v) is 3.54. The first-order chi connectivity index (χ1) is 11.0. The van der Waals surface area contributed by atoms with E-state index in [1.807, 2.05) is 0 Å². The summed E-state index contributed by atoms with van der Waals surface area (Å²) in [6.45, 7) is 0. The highest BCUT2D eigenvalue weighted by Gasteiger charge is 2.43. The number of ether oxygens (including phenoxy) is 1. The quantitative estimate of drug-likeness (QED) is 0.433. The average Bonchev–Trinajstić information content (AvgIpc) is 2.75. The number of halogens is 7. The van der Waals surface area contributed by atoms with Gasteiger partial charge in [0.2, 0.25) is 0 Å². The van der Waals surface area contributed by atoms with Crippen molar-refractivity contribution in [2.45, 2.75) is 23.4 Å². The molecule has 1 aliphatic rings. The number of allylic oxidation sites excluding steroid dienone is 3. The van der Waals surface area contributed by atoms with Crippen molar-refractivity contribution in [2.75, 3.05) is 0 Å². The van der Waals surface area contributed by atoms with Crippen molar-refractivity contribution in [2.24, 2.45) is 0 Å². The van der Waals surface area contributed by atoms with Gasteiger partial charge in [-0.3, -0.25) is 4.57 Å². The van der Waals surface area contributed by atoms with Gasteiger partial charge in [-0.05, 0) is 17.1 Å². The molecule has 0 spiro atoms. The lowest BCUT2D eigenvalue weighted by Crippen LogP contribution is -2.31. The molecule has 13 heteroatoms. The fourth-order valence-corrected chi connectivity index (χ4v) is 2.40. The number of nitrogens with zero attached hydrogens (tertiary/aromatic N) is 3. The highest BCUT2D eigenvalue weighted by atomic mass is 35.5. The van der Waals surface area contributed by atoms with Gasteiger partial charge in [0.05, 0.1) is 6.04 Å². The Labute approximate surface area is 145 Å². The zero-order valence-electron chi connectivity index (χ0n) is 11.2. The number of hydrogen-bond donors (Lipinski definition) is 0. The van der Waals surface area contributed by atoms with E-state index in [9.17, 15) is 26.8 Å². The minimum absolute atomic E-state index is 0.160. The predicted octanol–water partition coefficient (Wildman–Crippen LogP) is 3.49. The van der Waals surface area contributed by atoms with E-state index in [2.05, 4.69) is 9.84 Å². The standard InChI is InChI=1S/C11H6Cl2F5N3O2S/c12-7(13)8-19-21(18)10(22)20(8)5-2-1-4(3-6(5)24)23-9(14)11(15,16)17/h1-3,5,7,9H. The minimum Gasteiger partial charge on any atom is -0.452 e. The van der Waals surface area contributed by atoms with Gasteiger partial charge in [-0.25, -0.2) is 4.79 Å². The maximum absolute atomic E-state index is 13.3. The van der Waals surface area contributed by atoms with Gasteiger partial charge >= 0.3 is 18.2 Å². The Hall–Kier alpha value is -1.46. The first-order valence-electron chi connectivity index (χ1n) is 5.99. The van der Waals surface area contributed by atoms with E-state index in [0.717, 1.165) is 18.2 Å². The normalized spacial score (nSPS) is 19.6. The summed E-state index contributed by atoms with van der Waals surface area (Å²) in [6.07, 6.45) is -5.82. The van der Waals surface area contributed by atoms with Crippen molar-refractivity contribution in [3.63, 3.8) is 0 Å². The molecule has 5 nitrogen and oxygen atoms in total. The molecule has 0 fully saturated rings. The molecule has 0 bridgehead atoms. The Kier molecular flexibility index (Phi) is 5.35. The van der Waals surface area contributed by atoms with Crippen LogP contribution in [-0.4, -0.2) is 32.0 Å². The second-order valence-electron chi connectivity index (χ2n) is 4.40. The third kappa shape index (κ3) is 3.78. The first-order valence-corrected chi connectivity index (χ1v) is 7.27. The van der Waals surface area contributed by atoms with Crippen LogP contribution in [0.4, 0.5) is 22.0 Å². The van der Waals surface area contributed by atoms with E-state index in [-0.39, 0.29) is 10.7 Å². The van der Waals surface area contributed by atoms with Crippen LogP contribution in [0.1, 0.15) is 16.7 Å². The zero-order valence-corrected chi connectivity index (χ0v) is 13.5. The largest absolute Gasteiger partial charge is 0.457 e. The molecule has 0 saturated carbocycles. The van der Waals surface area contributed by atoms with Crippen molar-refractivity contribution in [3.05, 3.63) is 40.3 Å². The van der Waals surface area contributed by atoms with Gasteiger partial charge < -0.3 is 4.74 Å². The monoisotopic (exact) mass is 409 g/mol. The van der Waals surface area contributed by atoms with Gasteiger partial charge in [-0.2, -0.15) is 17.6 Å². The molecule has 24 heavy (non-hydrogen) atoms. The van der Waals surface area contributed by atoms with Crippen molar-refractivity contribution in [1.82, 2.24) is 14.6 Å². The summed E-state index contributed by atoms with van der Waals surface area (Å²) in [5.41, 5.74) is -1.25. The Balaban J connectivity index is 2.29. The van der Waals surface area contributed by atoms with Crippen molar-refractivity contribution < 1.29 is 26.8 Å². The number of hydrogen-bond acceptors (Lipinski definition) is 4. The summed E-state index contributed by atoms with van der Waals surface area (Å²) < 4.78 is 67.3. The second-order valence-corrected chi connectivity index (χ2v) is 5.97. The van der Waals surface area contributed by atoms with Crippen LogP contribution < -0.4 is 5.69 Å². The molecule has 1 heterocycles. The zero-order chi connectivity index (χ0) is 18.2. The smallest absolute Gasteiger partial charge is 0.452 e. The topological polar surface area (TPSA) is 49.0 Å². The van der Waals surface area contributed by atoms with E-state index in [1.54, 1.807) is 0 Å². The molecule has 0 N–H and O–H groups in total. The van der Waals surface area contributed by atoms with E-state index >= 15 is 0 Å². The summed E-state index contributed by atoms with van der Waals surface area (Å²) in [5.74, 6) is -0.879. The van der Waals surface area contributed by atoms with Crippen LogP contribution >= 0.6 is 35.4 Å². The molecule has 0 aliphatic heterocycles. The number of alkyl halides is 6. The van der Waals surface area contributed by atoms with E-state index in [0.29, 0.717) is 4.57 Å². The van der Waals surface area contributed by atoms with Gasteiger partial charge in [0.15, 0.2) is 10.7 Å². The Morgan fingerprint density at radius 2 is 2.00 bits per heavy atom. The van der Waals surface area contributed by atoms with Crippen LogP contribution in [0, 0.1) is 0 Å². The van der Waals surface area contributed by atoms with Crippen LogP contribution in [-0.2, 0) is 4.74 Å². The van der Waals surface area contributed by atoms with E-state index < -0.39 is 39.8 Å². The minimum atomic E-state index is -5.21. The Bertz CT molecular complexity index is 771. The van der Waals surface area contributed by atoms with Gasteiger partial charge in [0, 0.05) is 4.86 Å². The number of rotatable bonds is 4. The summed E-state index contributed by atoms with van der Waals surface area (Å²) in [7, 11) is 0. The molecule has 0 amide bonds. The van der Waals surface area contributed by atoms with Crippen LogP contribution in [0.2, 0.25) is 0 Å². The lowest BCUT2D eigenvalue weighted by molar-refractivity contribution is -0.251. The molecule has 1 aliphatic carbocycles. The van der Waals surface area contributed by atoms with Crippen LogP contribution in [0.5, 0.6) is 0 Å². The summed E-state index contributed by atoms with van der Waals surface area (Å²) >= 11 is 16.1. The van der Waals surface area contributed by atoms with E-state index in [4.69, 9.17) is 35.4 Å². The molecule has 0 radical (unpaired) electrons. The lowest BCUT2D eigenvalue weighted by Gasteiger charge is -2.21. The maximum Gasteiger partial charge on any atom is 0.457 e. The van der Waals surface area contributed by atoms with Crippen molar-refractivity contribution in [1.29, 1.82) is 0 Å². The number of aromatic nitrogens is 3. The SMILES string of the molecule is O=c1n(F)nc(C(Cl)Cl)n1C1C=CC(OC(F)C(F)(F)F)=CC1=S. The molecule has 2 unspecified atom stereocenters. The number of thiocarbonyl (C=S) groups is 1. The van der Waals surface area contributed by atoms with E-state index in [1.165, 1.54) is 0 Å². The van der Waals surface area contributed by atoms with Crippen LogP contribution in [0.3, 0.4) is 0 Å². The highest BCUT2D eigenvalue weighted by Crippen LogP contribution is 2.30. The molecule has 0 saturated heterocycles. The Morgan fingerprint density at radius 1 is 1.38 bits per heavy atom. The van der Waals surface area contributed by atoms with Crippen molar-refractivity contribution in [3.8, 4) is 0 Å². The maximum atomic E-state index is 13.3. The summed E-state index contributed by atoms with van der Waals surface area (Å²) in [6, 6.07) is -1.11. The summed E-state index contributed by atoms with van der Waals surface area (Å²) in [4.78, 5) is 9.71. The molecule has 1 aromatic rings. The fraction of sp³-hybridized carbons (Fsp3) is 0.364. The molecule has 0 aromatic carbocycles. The van der Waals surface area contributed by atoms with Crippen LogP contribution in [0.25, 0.3) is 0 Å². The van der Waals surface area contributed by atoms with Gasteiger partial charge in [0.25, 0.3) is 0 Å². The van der Waals surface area contributed by atoms with Gasteiger partial charge in [0.1, 0.15) is 5.76 Å².